The predicted octanol–water partition coefficient (Wildman–Crippen LogP) is 3.51. The highest BCUT2D eigenvalue weighted by Crippen LogP contribution is 2.28. The van der Waals surface area contributed by atoms with Crippen LogP contribution in [0.1, 0.15) is 39.0 Å². The monoisotopic (exact) mass is 239 g/mol. The van der Waals surface area contributed by atoms with Crippen molar-refractivity contribution in [2.75, 3.05) is 5.32 Å². The van der Waals surface area contributed by atoms with Crippen molar-refractivity contribution in [3.8, 4) is 0 Å². The van der Waals surface area contributed by atoms with Gasteiger partial charge in [0.15, 0.2) is 5.15 Å². The van der Waals surface area contributed by atoms with Gasteiger partial charge in [-0.2, -0.15) is 5.10 Å². The van der Waals surface area contributed by atoms with Crippen molar-refractivity contribution >= 4 is 17.3 Å². The summed E-state index contributed by atoms with van der Waals surface area (Å²) in [6.45, 7) is 2.28. The summed E-state index contributed by atoms with van der Waals surface area (Å²) in [6, 6.07) is 2.41. The lowest BCUT2D eigenvalue weighted by molar-refractivity contribution is 0.327. The van der Waals surface area contributed by atoms with E-state index in [4.69, 9.17) is 11.6 Å². The minimum Gasteiger partial charge on any atom is -0.381 e. The smallest absolute Gasteiger partial charge is 0.153 e. The summed E-state index contributed by atoms with van der Waals surface area (Å²) in [6.07, 6.45) is 8.23. The topological polar surface area (TPSA) is 37.8 Å². The number of rotatable bonds is 3. The first kappa shape index (κ1) is 11.6. The maximum Gasteiger partial charge on any atom is 0.153 e. The summed E-state index contributed by atoms with van der Waals surface area (Å²) in [5.74, 6) is 0.872. The van der Waals surface area contributed by atoms with Crippen LogP contribution < -0.4 is 5.32 Å². The first-order valence-electron chi connectivity index (χ1n) is 6.02. The minimum atomic E-state index is 0.452. The maximum atomic E-state index is 5.80. The summed E-state index contributed by atoms with van der Waals surface area (Å²) in [5.41, 5.74) is 0.988. The van der Waals surface area contributed by atoms with Crippen LogP contribution in [-0.2, 0) is 0 Å². The molecule has 1 fully saturated rings. The van der Waals surface area contributed by atoms with Crippen LogP contribution in [-0.4, -0.2) is 16.2 Å². The Balaban J connectivity index is 1.94. The molecule has 88 valence electrons. The third-order valence-electron chi connectivity index (χ3n) is 3.36. The fourth-order valence-corrected chi connectivity index (χ4v) is 2.61. The molecule has 1 N–H and O–H groups in total. The molecule has 16 heavy (non-hydrogen) atoms. The average Bonchev–Trinajstić information content (AvgIpc) is 2.29. The second-order valence-corrected chi connectivity index (χ2v) is 4.94. The Morgan fingerprint density at radius 1 is 1.50 bits per heavy atom. The van der Waals surface area contributed by atoms with Gasteiger partial charge in [-0.1, -0.05) is 37.8 Å². The van der Waals surface area contributed by atoms with Gasteiger partial charge >= 0.3 is 0 Å². The minimum absolute atomic E-state index is 0.452. The number of hydrogen-bond acceptors (Lipinski definition) is 3. The normalized spacial score (nSPS) is 25.4. The molecule has 1 aliphatic carbocycles. The maximum absolute atomic E-state index is 5.80. The lowest BCUT2D eigenvalue weighted by atomic mass is 9.84. The third kappa shape index (κ3) is 3.08. The SMILES string of the molecule is CCC1CCCC(Nc2cnnc(Cl)c2)C1. The molecule has 3 nitrogen and oxygen atoms in total. The van der Waals surface area contributed by atoms with Crippen molar-refractivity contribution in [3.05, 3.63) is 17.4 Å². The number of halogens is 1. The quantitative estimate of drug-likeness (QED) is 0.877. The molecular weight excluding hydrogens is 222 g/mol. The van der Waals surface area contributed by atoms with E-state index in [0.717, 1.165) is 11.6 Å². The van der Waals surface area contributed by atoms with Crippen LogP contribution in [0.3, 0.4) is 0 Å². The first-order chi connectivity index (χ1) is 7.78. The van der Waals surface area contributed by atoms with Gasteiger partial charge in [-0.05, 0) is 18.8 Å². The average molecular weight is 240 g/mol. The van der Waals surface area contributed by atoms with Gasteiger partial charge in [-0.15, -0.1) is 5.10 Å². The molecule has 0 aromatic carbocycles. The summed E-state index contributed by atoms with van der Waals surface area (Å²) in [4.78, 5) is 0. The largest absolute Gasteiger partial charge is 0.381 e. The summed E-state index contributed by atoms with van der Waals surface area (Å²) in [5, 5.41) is 11.5. The van der Waals surface area contributed by atoms with Crippen LogP contribution in [0.4, 0.5) is 5.69 Å². The van der Waals surface area contributed by atoms with E-state index in [1.165, 1.54) is 32.1 Å². The molecular formula is C12H18ClN3. The number of anilines is 1. The van der Waals surface area contributed by atoms with E-state index in [2.05, 4.69) is 22.4 Å². The zero-order valence-corrected chi connectivity index (χ0v) is 10.4. The molecule has 0 amide bonds. The number of aromatic nitrogens is 2. The first-order valence-corrected chi connectivity index (χ1v) is 6.40. The molecule has 0 aliphatic heterocycles. The lowest BCUT2D eigenvalue weighted by Gasteiger charge is -2.29. The summed E-state index contributed by atoms with van der Waals surface area (Å²) < 4.78 is 0. The van der Waals surface area contributed by atoms with Crippen molar-refractivity contribution < 1.29 is 0 Å². The van der Waals surface area contributed by atoms with Gasteiger partial charge in [0.25, 0.3) is 0 Å². The van der Waals surface area contributed by atoms with Gasteiger partial charge in [0.05, 0.1) is 11.9 Å². The Bertz CT molecular complexity index is 343. The highest BCUT2D eigenvalue weighted by atomic mass is 35.5. The Labute approximate surface area is 102 Å². The van der Waals surface area contributed by atoms with Gasteiger partial charge in [-0.25, -0.2) is 0 Å². The van der Waals surface area contributed by atoms with Crippen LogP contribution in [0.5, 0.6) is 0 Å². The molecule has 1 aliphatic rings. The standard InChI is InChI=1S/C12H18ClN3/c1-2-9-4-3-5-10(6-9)15-11-7-12(13)16-14-8-11/h7-10H,2-6H2,1H3,(H,15,16). The van der Waals surface area contributed by atoms with Crippen LogP contribution >= 0.6 is 11.6 Å². The second-order valence-electron chi connectivity index (χ2n) is 4.55. The second kappa shape index (κ2) is 5.48. The Morgan fingerprint density at radius 3 is 3.12 bits per heavy atom. The number of hydrogen-bond donors (Lipinski definition) is 1. The Morgan fingerprint density at radius 2 is 2.38 bits per heavy atom. The molecule has 1 aromatic heterocycles. The van der Waals surface area contributed by atoms with Crippen molar-refractivity contribution in [2.24, 2.45) is 5.92 Å². The van der Waals surface area contributed by atoms with Crippen molar-refractivity contribution in [2.45, 2.75) is 45.1 Å². The molecule has 4 heteroatoms. The van der Waals surface area contributed by atoms with Crippen LogP contribution in [0.15, 0.2) is 12.3 Å². The molecule has 0 bridgehead atoms. The highest BCUT2D eigenvalue weighted by Gasteiger charge is 2.20. The van der Waals surface area contributed by atoms with Crippen molar-refractivity contribution in [1.82, 2.24) is 10.2 Å². The predicted molar refractivity (Wildman–Crippen MR) is 66.7 cm³/mol. The Hall–Kier alpha value is -0.830. The lowest BCUT2D eigenvalue weighted by Crippen LogP contribution is -2.27. The molecule has 1 heterocycles. The van der Waals surface area contributed by atoms with E-state index < -0.39 is 0 Å². The van der Waals surface area contributed by atoms with Crippen LogP contribution in [0.25, 0.3) is 0 Å². The highest BCUT2D eigenvalue weighted by molar-refractivity contribution is 6.29. The van der Waals surface area contributed by atoms with Crippen molar-refractivity contribution in [3.63, 3.8) is 0 Å². The van der Waals surface area contributed by atoms with E-state index in [0.29, 0.717) is 11.2 Å². The fraction of sp³-hybridized carbons (Fsp3) is 0.667. The molecule has 0 saturated heterocycles. The zero-order valence-electron chi connectivity index (χ0n) is 9.62. The van der Waals surface area contributed by atoms with E-state index in [9.17, 15) is 0 Å². The fourth-order valence-electron chi connectivity index (χ4n) is 2.45. The number of nitrogens with zero attached hydrogens (tertiary/aromatic N) is 2. The molecule has 0 spiro atoms. The summed E-state index contributed by atoms with van der Waals surface area (Å²) >= 11 is 5.80. The molecule has 0 radical (unpaired) electrons. The van der Waals surface area contributed by atoms with Crippen LogP contribution in [0.2, 0.25) is 5.15 Å². The van der Waals surface area contributed by atoms with E-state index >= 15 is 0 Å². The van der Waals surface area contributed by atoms with E-state index in [-0.39, 0.29) is 0 Å². The molecule has 2 atom stereocenters. The molecule has 2 unspecified atom stereocenters. The van der Waals surface area contributed by atoms with Gasteiger partial charge < -0.3 is 5.32 Å². The zero-order chi connectivity index (χ0) is 11.4. The third-order valence-corrected chi connectivity index (χ3v) is 3.54. The molecule has 1 saturated carbocycles. The molecule has 2 rings (SSSR count). The Kier molecular flexibility index (Phi) is 3.99. The van der Waals surface area contributed by atoms with Crippen LogP contribution in [0, 0.1) is 5.92 Å². The van der Waals surface area contributed by atoms with Gasteiger partial charge in [0.2, 0.25) is 0 Å². The van der Waals surface area contributed by atoms with E-state index in [1.54, 1.807) is 6.20 Å². The molecule has 1 aromatic rings. The van der Waals surface area contributed by atoms with Gasteiger partial charge in [0.1, 0.15) is 0 Å². The number of nitrogens with one attached hydrogen (secondary N) is 1. The van der Waals surface area contributed by atoms with Gasteiger partial charge in [0, 0.05) is 12.1 Å². The van der Waals surface area contributed by atoms with E-state index in [1.807, 2.05) is 6.07 Å². The van der Waals surface area contributed by atoms with Crippen molar-refractivity contribution in [1.29, 1.82) is 0 Å². The summed E-state index contributed by atoms with van der Waals surface area (Å²) in [7, 11) is 0. The van der Waals surface area contributed by atoms with Gasteiger partial charge in [-0.3, -0.25) is 0 Å².